The summed E-state index contributed by atoms with van der Waals surface area (Å²) in [5.74, 6) is 0.963. The molecule has 0 aromatic heterocycles. The second-order valence-corrected chi connectivity index (χ2v) is 32.1. The van der Waals surface area contributed by atoms with Gasteiger partial charge in [0.1, 0.15) is 19.3 Å². The molecule has 0 aliphatic carbocycles. The minimum Gasteiger partial charge on any atom is -0.462 e. The van der Waals surface area contributed by atoms with Gasteiger partial charge in [-0.2, -0.15) is 0 Å². The first kappa shape index (κ1) is 94.1. The van der Waals surface area contributed by atoms with Crippen LogP contribution in [0.15, 0.2) is 0 Å². The Morgan fingerprint density at radius 1 is 0.292 bits per heavy atom. The Labute approximate surface area is 588 Å². The predicted molar refractivity (Wildman–Crippen MR) is 391 cm³/mol. The minimum absolute atomic E-state index is 0.104. The van der Waals surface area contributed by atoms with Gasteiger partial charge in [0.25, 0.3) is 0 Å². The van der Waals surface area contributed by atoms with Crippen molar-refractivity contribution in [3.8, 4) is 0 Å². The van der Waals surface area contributed by atoms with Crippen LogP contribution in [0.1, 0.15) is 389 Å². The van der Waals surface area contributed by atoms with Gasteiger partial charge >= 0.3 is 39.5 Å². The van der Waals surface area contributed by atoms with E-state index >= 15 is 0 Å². The number of phosphoric ester groups is 2. The summed E-state index contributed by atoms with van der Waals surface area (Å²) in [5, 5.41) is 10.6. The number of unbranched alkanes of at least 4 members (excludes halogenated alkanes) is 38. The molecule has 0 spiro atoms. The first-order valence-electron chi connectivity index (χ1n) is 39.8. The Kier molecular flexibility index (Phi) is 65.0. The van der Waals surface area contributed by atoms with E-state index in [4.69, 9.17) is 37.0 Å². The standard InChI is InChI=1S/C77H150O17P2/c1-9-69(7)55-47-39-31-21-19-17-15-13-11-12-14-16-18-20-22-33-41-49-57-74(79)87-63-72(93-76(81)59-51-43-35-27-24-30-38-46-54-68(5)6)65-91-95(83,84)89-61-71(78)62-90-96(85,86)92-66-73(64-88-75(80)58-50-42-34-26-23-29-37-45-53-67(3)4)94-77(82)60-52-44-36-28-25-32-40-48-56-70(8)10-2/h67-73,78H,9-66H2,1-8H3,(H,83,84)(H,85,86)/t69?,70?,71?,72-,73-/m1/s1. The van der Waals surface area contributed by atoms with E-state index in [0.717, 1.165) is 114 Å². The van der Waals surface area contributed by atoms with Crippen molar-refractivity contribution in [1.82, 2.24) is 0 Å². The Hall–Kier alpha value is -1.94. The molecule has 0 saturated heterocycles. The van der Waals surface area contributed by atoms with Gasteiger partial charge in [-0.1, -0.05) is 338 Å². The summed E-state index contributed by atoms with van der Waals surface area (Å²) in [4.78, 5) is 72.8. The number of hydrogen-bond donors (Lipinski definition) is 3. The van der Waals surface area contributed by atoms with Gasteiger partial charge in [0.05, 0.1) is 26.4 Å². The van der Waals surface area contributed by atoms with Crippen molar-refractivity contribution in [1.29, 1.82) is 0 Å². The summed E-state index contributed by atoms with van der Waals surface area (Å²) in [5.41, 5.74) is 0. The van der Waals surface area contributed by atoms with Crippen LogP contribution in [0.25, 0.3) is 0 Å². The van der Waals surface area contributed by atoms with Crippen molar-refractivity contribution in [2.45, 2.75) is 408 Å². The summed E-state index contributed by atoms with van der Waals surface area (Å²) < 4.78 is 68.5. The fraction of sp³-hybridized carbons (Fsp3) is 0.948. The molecule has 0 aromatic carbocycles. The van der Waals surface area contributed by atoms with Crippen molar-refractivity contribution >= 4 is 39.5 Å². The molecule has 5 unspecified atom stereocenters. The lowest BCUT2D eigenvalue weighted by atomic mass is 9.99. The quantitative estimate of drug-likeness (QED) is 0.0222. The Morgan fingerprint density at radius 2 is 0.500 bits per heavy atom. The molecular weight excluding hydrogens is 1260 g/mol. The van der Waals surface area contributed by atoms with E-state index in [1.807, 2.05) is 0 Å². The largest absolute Gasteiger partial charge is 0.472 e. The Balaban J connectivity index is 5.15. The van der Waals surface area contributed by atoms with Gasteiger partial charge in [-0.05, 0) is 49.4 Å². The number of phosphoric acid groups is 2. The molecule has 0 radical (unpaired) electrons. The van der Waals surface area contributed by atoms with E-state index in [1.54, 1.807) is 0 Å². The van der Waals surface area contributed by atoms with Crippen LogP contribution in [-0.4, -0.2) is 96.7 Å². The Morgan fingerprint density at radius 3 is 0.740 bits per heavy atom. The van der Waals surface area contributed by atoms with E-state index < -0.39 is 97.5 Å². The van der Waals surface area contributed by atoms with Gasteiger partial charge in [0, 0.05) is 25.7 Å². The van der Waals surface area contributed by atoms with Crippen LogP contribution >= 0.6 is 15.6 Å². The average Bonchev–Trinajstić information content (AvgIpc) is 3.48. The highest BCUT2D eigenvalue weighted by molar-refractivity contribution is 7.47. The van der Waals surface area contributed by atoms with Crippen molar-refractivity contribution in [2.24, 2.45) is 23.7 Å². The summed E-state index contributed by atoms with van der Waals surface area (Å²) in [6.45, 7) is 14.2. The third kappa shape index (κ3) is 67.9. The fourth-order valence-corrected chi connectivity index (χ4v) is 13.2. The number of aliphatic hydroxyl groups is 1. The van der Waals surface area contributed by atoms with Gasteiger partial charge < -0.3 is 33.8 Å². The second kappa shape index (κ2) is 66.3. The molecule has 17 nitrogen and oxygen atoms in total. The molecule has 0 aliphatic rings. The van der Waals surface area contributed by atoms with Gasteiger partial charge in [-0.3, -0.25) is 37.3 Å². The summed E-state index contributed by atoms with van der Waals surface area (Å²) in [7, 11) is -9.91. The topological polar surface area (TPSA) is 237 Å². The predicted octanol–water partition coefficient (Wildman–Crippen LogP) is 22.4. The maximum Gasteiger partial charge on any atom is 0.472 e. The molecule has 0 fully saturated rings. The first-order valence-corrected chi connectivity index (χ1v) is 42.8. The zero-order valence-corrected chi connectivity index (χ0v) is 64.8. The smallest absolute Gasteiger partial charge is 0.462 e. The molecule has 0 rings (SSSR count). The maximum atomic E-state index is 13.1. The highest BCUT2D eigenvalue weighted by atomic mass is 31.2. The molecule has 7 atom stereocenters. The van der Waals surface area contributed by atoms with Crippen LogP contribution in [0.5, 0.6) is 0 Å². The molecule has 570 valence electrons. The molecule has 0 aromatic rings. The molecule has 0 heterocycles. The normalized spacial score (nSPS) is 14.7. The summed E-state index contributed by atoms with van der Waals surface area (Å²) >= 11 is 0. The van der Waals surface area contributed by atoms with Gasteiger partial charge in [0.15, 0.2) is 12.2 Å². The minimum atomic E-state index is -4.96. The molecule has 3 N–H and O–H groups in total. The Bertz CT molecular complexity index is 1890. The number of esters is 4. The lowest BCUT2D eigenvalue weighted by Gasteiger charge is -2.21. The lowest BCUT2D eigenvalue weighted by Crippen LogP contribution is -2.30. The van der Waals surface area contributed by atoms with Crippen LogP contribution in [-0.2, 0) is 65.4 Å². The fourth-order valence-electron chi connectivity index (χ4n) is 11.7. The van der Waals surface area contributed by atoms with Crippen LogP contribution in [0.2, 0.25) is 0 Å². The van der Waals surface area contributed by atoms with E-state index in [-0.39, 0.29) is 25.7 Å². The highest BCUT2D eigenvalue weighted by Crippen LogP contribution is 2.45. The second-order valence-electron chi connectivity index (χ2n) is 29.2. The van der Waals surface area contributed by atoms with Gasteiger partial charge in [-0.15, -0.1) is 0 Å². The molecule has 0 aliphatic heterocycles. The van der Waals surface area contributed by atoms with Crippen molar-refractivity contribution in [3.63, 3.8) is 0 Å². The van der Waals surface area contributed by atoms with Crippen molar-refractivity contribution in [3.05, 3.63) is 0 Å². The first-order chi connectivity index (χ1) is 46.2. The monoisotopic (exact) mass is 1410 g/mol. The zero-order valence-electron chi connectivity index (χ0n) is 63.0. The van der Waals surface area contributed by atoms with Crippen molar-refractivity contribution < 1.29 is 80.2 Å². The third-order valence-electron chi connectivity index (χ3n) is 18.5. The number of carbonyl (C=O) groups excluding carboxylic acids is 4. The van der Waals surface area contributed by atoms with Gasteiger partial charge in [0.2, 0.25) is 0 Å². The number of rotatable bonds is 74. The summed E-state index contributed by atoms with van der Waals surface area (Å²) in [6.07, 6.45) is 51.5. The highest BCUT2D eigenvalue weighted by Gasteiger charge is 2.30. The van der Waals surface area contributed by atoms with Crippen LogP contribution in [0.4, 0.5) is 0 Å². The van der Waals surface area contributed by atoms with Crippen LogP contribution in [0, 0.1) is 23.7 Å². The van der Waals surface area contributed by atoms with E-state index in [2.05, 4.69) is 55.4 Å². The number of aliphatic hydroxyl groups excluding tert-OH is 1. The van der Waals surface area contributed by atoms with Gasteiger partial charge in [-0.25, -0.2) is 9.13 Å². The molecule has 96 heavy (non-hydrogen) atoms. The lowest BCUT2D eigenvalue weighted by molar-refractivity contribution is -0.161. The molecule has 0 saturated carbocycles. The zero-order chi connectivity index (χ0) is 71.0. The van der Waals surface area contributed by atoms with Crippen LogP contribution in [0.3, 0.4) is 0 Å². The number of ether oxygens (including phenoxy) is 4. The third-order valence-corrected chi connectivity index (χ3v) is 20.4. The average molecular weight is 1410 g/mol. The summed E-state index contributed by atoms with van der Waals surface area (Å²) in [6, 6.07) is 0. The van der Waals surface area contributed by atoms with Crippen LogP contribution < -0.4 is 0 Å². The molecule has 19 heteroatoms. The number of hydrogen-bond acceptors (Lipinski definition) is 15. The van der Waals surface area contributed by atoms with E-state index in [0.29, 0.717) is 25.7 Å². The molecular formula is C77H150O17P2. The van der Waals surface area contributed by atoms with E-state index in [9.17, 15) is 43.2 Å². The molecule has 0 bridgehead atoms. The van der Waals surface area contributed by atoms with E-state index in [1.165, 1.54) is 193 Å². The van der Waals surface area contributed by atoms with Crippen molar-refractivity contribution in [2.75, 3.05) is 39.6 Å². The molecule has 0 amide bonds. The number of carbonyl (C=O) groups is 4. The maximum absolute atomic E-state index is 13.1. The SMILES string of the molecule is CCC(C)CCCCCCCCCCCCCCCCCCCCC(=O)OC[C@H](COP(=O)(O)OCC(O)COP(=O)(O)OC[C@@H](COC(=O)CCCCCCCCCCC(C)C)OC(=O)CCCCCCCCCCC(C)CC)OC(=O)CCCCCCCCCCC(C)C.